The molecule has 148 valence electrons. The van der Waals surface area contributed by atoms with Crippen LogP contribution in [0.4, 0.5) is 0 Å². The third kappa shape index (κ3) is 10.7. The number of hydrogen-bond donors (Lipinski definition) is 2. The number of carbonyl (C=O) groups is 2. The molecule has 26 heavy (non-hydrogen) atoms. The van der Waals surface area contributed by atoms with E-state index in [4.69, 9.17) is 19.8 Å². The summed E-state index contributed by atoms with van der Waals surface area (Å²) in [7, 11) is 2.18. The van der Waals surface area contributed by atoms with Gasteiger partial charge in [0.1, 0.15) is 5.82 Å². The first-order chi connectivity index (χ1) is 12.5. The predicted octanol–water partition coefficient (Wildman–Crippen LogP) is 1.75. The minimum absolute atomic E-state index is 0.250. The van der Waals surface area contributed by atoms with Crippen LogP contribution in [0, 0.1) is 0 Å². The van der Waals surface area contributed by atoms with Gasteiger partial charge in [-0.05, 0) is 52.9 Å². The first-order valence-corrected chi connectivity index (χ1v) is 8.90. The van der Waals surface area contributed by atoms with Crippen LogP contribution in [0.3, 0.4) is 0 Å². The molecule has 8 heteroatoms. The van der Waals surface area contributed by atoms with Gasteiger partial charge in [-0.1, -0.05) is 6.92 Å². The Morgan fingerprint density at radius 1 is 1.19 bits per heavy atom. The van der Waals surface area contributed by atoms with Gasteiger partial charge in [0.05, 0.1) is 0 Å². The van der Waals surface area contributed by atoms with Crippen molar-refractivity contribution in [2.24, 2.45) is 0 Å². The van der Waals surface area contributed by atoms with Gasteiger partial charge in [-0.25, -0.2) is 9.97 Å². The van der Waals surface area contributed by atoms with Crippen molar-refractivity contribution < 1.29 is 19.8 Å². The first-order valence-electron chi connectivity index (χ1n) is 8.90. The number of rotatable bonds is 7. The maximum absolute atomic E-state index is 8.36. The van der Waals surface area contributed by atoms with E-state index in [0.29, 0.717) is 6.04 Å². The fraction of sp³-hybridized carbons (Fsp3) is 0.667. The van der Waals surface area contributed by atoms with E-state index in [2.05, 4.69) is 40.7 Å². The Kier molecular flexibility index (Phi) is 14.0. The maximum Gasteiger partial charge on any atom is 0.290 e. The molecule has 0 aromatic carbocycles. The molecule has 1 atom stereocenters. The smallest absolute Gasteiger partial charge is 0.290 e. The maximum atomic E-state index is 8.36. The highest BCUT2D eigenvalue weighted by atomic mass is 16.3. The third-order valence-electron chi connectivity index (χ3n) is 4.22. The molecule has 2 N–H and O–H groups in total. The quantitative estimate of drug-likeness (QED) is 0.701. The monoisotopic (exact) mass is 368 g/mol. The molecule has 0 aliphatic carbocycles. The van der Waals surface area contributed by atoms with Crippen molar-refractivity contribution in [1.82, 2.24) is 19.8 Å². The lowest BCUT2D eigenvalue weighted by molar-refractivity contribution is -0.123. The summed E-state index contributed by atoms with van der Waals surface area (Å²) in [5.74, 6) is 0.930. The van der Waals surface area contributed by atoms with Crippen molar-refractivity contribution in [2.75, 3.05) is 26.7 Å². The highest BCUT2D eigenvalue weighted by Crippen LogP contribution is 2.14. The van der Waals surface area contributed by atoms with Crippen LogP contribution in [0.2, 0.25) is 0 Å². The lowest BCUT2D eigenvalue weighted by Gasteiger charge is -2.26. The molecular weight excluding hydrogens is 336 g/mol. The molecule has 2 heterocycles. The predicted molar refractivity (Wildman–Crippen MR) is 100 cm³/mol. The normalized spacial score (nSPS) is 14.6. The lowest BCUT2D eigenvalue weighted by atomic mass is 10.2. The molecule has 0 saturated carbocycles. The Labute approximate surface area is 155 Å². The van der Waals surface area contributed by atoms with Gasteiger partial charge < -0.3 is 20.0 Å². The van der Waals surface area contributed by atoms with Crippen LogP contribution in [0.25, 0.3) is 0 Å². The zero-order valence-electron chi connectivity index (χ0n) is 16.0. The molecule has 0 radical (unpaired) electrons. The molecule has 1 unspecified atom stereocenters. The molecular formula is C18H32N4O4. The minimum Gasteiger partial charge on any atom is -0.483 e. The summed E-state index contributed by atoms with van der Waals surface area (Å²) in [4.78, 5) is 30.4. The summed E-state index contributed by atoms with van der Waals surface area (Å²) in [5.41, 5.74) is 1.21. The summed E-state index contributed by atoms with van der Waals surface area (Å²) in [6.07, 6.45) is 8.83. The van der Waals surface area contributed by atoms with Gasteiger partial charge in [0.25, 0.3) is 12.9 Å². The highest BCUT2D eigenvalue weighted by Gasteiger charge is 2.18. The number of carboxylic acid groups (broad SMARTS) is 2. The summed E-state index contributed by atoms with van der Waals surface area (Å²) < 4.78 is 0. The zero-order chi connectivity index (χ0) is 19.8. The third-order valence-corrected chi connectivity index (χ3v) is 4.22. The van der Waals surface area contributed by atoms with Crippen molar-refractivity contribution in [2.45, 2.75) is 52.1 Å². The molecule has 8 nitrogen and oxygen atoms in total. The SMILES string of the molecule is CCc1ncc(CN(C)CCC(C)N2CCCC2)cn1.O=CO.O=CO. The second-order valence-electron chi connectivity index (χ2n) is 6.19. The Bertz CT molecular complexity index is 473. The Hall–Kier alpha value is -2.06. The molecule has 1 saturated heterocycles. The van der Waals surface area contributed by atoms with Crippen molar-refractivity contribution in [3.63, 3.8) is 0 Å². The second-order valence-corrected chi connectivity index (χ2v) is 6.19. The standard InChI is InChI=1S/C16H28N4.2CH2O2/c1-4-16-17-11-15(12-18-16)13-19(3)10-7-14(2)20-8-5-6-9-20;2*2-1-3/h11-12,14H,4-10,13H2,1-3H3;2*1H,(H,2,3). The van der Waals surface area contributed by atoms with E-state index in [-0.39, 0.29) is 12.9 Å². The van der Waals surface area contributed by atoms with Crippen LogP contribution in [0.15, 0.2) is 12.4 Å². The van der Waals surface area contributed by atoms with E-state index in [1.54, 1.807) is 0 Å². The Morgan fingerprint density at radius 2 is 1.69 bits per heavy atom. The lowest BCUT2D eigenvalue weighted by Crippen LogP contribution is -2.33. The molecule has 0 spiro atoms. The summed E-state index contributed by atoms with van der Waals surface area (Å²) >= 11 is 0. The topological polar surface area (TPSA) is 107 Å². The molecule has 1 aromatic rings. The molecule has 1 aliphatic rings. The first kappa shape index (κ1) is 23.9. The average Bonchev–Trinajstić information content (AvgIpc) is 3.16. The van der Waals surface area contributed by atoms with Crippen LogP contribution in [0.5, 0.6) is 0 Å². The Morgan fingerprint density at radius 3 is 2.15 bits per heavy atom. The van der Waals surface area contributed by atoms with Crippen LogP contribution in [-0.4, -0.2) is 75.6 Å². The van der Waals surface area contributed by atoms with Gasteiger partial charge in [0.2, 0.25) is 0 Å². The fourth-order valence-corrected chi connectivity index (χ4v) is 2.81. The number of hydrogen-bond acceptors (Lipinski definition) is 6. The van der Waals surface area contributed by atoms with Crippen LogP contribution in [0.1, 0.15) is 44.5 Å². The summed E-state index contributed by atoms with van der Waals surface area (Å²) in [5, 5.41) is 13.8. The van der Waals surface area contributed by atoms with Crippen molar-refractivity contribution >= 4 is 12.9 Å². The summed E-state index contributed by atoms with van der Waals surface area (Å²) in [6.45, 7) is 8.59. The average molecular weight is 368 g/mol. The molecule has 1 fully saturated rings. The van der Waals surface area contributed by atoms with E-state index < -0.39 is 0 Å². The number of aromatic nitrogens is 2. The molecule has 0 bridgehead atoms. The highest BCUT2D eigenvalue weighted by molar-refractivity contribution is 5.33. The summed E-state index contributed by atoms with van der Waals surface area (Å²) in [6, 6.07) is 0.707. The van der Waals surface area contributed by atoms with E-state index in [0.717, 1.165) is 25.3 Å². The molecule has 0 amide bonds. The van der Waals surface area contributed by atoms with E-state index >= 15 is 0 Å². The van der Waals surface area contributed by atoms with Gasteiger partial charge >= 0.3 is 0 Å². The number of nitrogens with zero attached hydrogens (tertiary/aromatic N) is 4. The zero-order valence-corrected chi connectivity index (χ0v) is 16.0. The molecule has 1 aromatic heterocycles. The van der Waals surface area contributed by atoms with Gasteiger partial charge in [-0.3, -0.25) is 9.59 Å². The number of aryl methyl sites for hydroxylation is 1. The van der Waals surface area contributed by atoms with Gasteiger partial charge in [0, 0.05) is 37.0 Å². The number of likely N-dealkylation sites (tertiary alicyclic amines) is 1. The van der Waals surface area contributed by atoms with Gasteiger partial charge in [-0.2, -0.15) is 0 Å². The van der Waals surface area contributed by atoms with E-state index in [9.17, 15) is 0 Å². The fourth-order valence-electron chi connectivity index (χ4n) is 2.81. The van der Waals surface area contributed by atoms with Crippen molar-refractivity contribution in [1.29, 1.82) is 0 Å². The van der Waals surface area contributed by atoms with Crippen LogP contribution >= 0.6 is 0 Å². The molecule has 2 rings (SSSR count). The minimum atomic E-state index is -0.250. The largest absolute Gasteiger partial charge is 0.483 e. The van der Waals surface area contributed by atoms with Crippen molar-refractivity contribution in [3.05, 3.63) is 23.8 Å². The van der Waals surface area contributed by atoms with E-state index in [1.807, 2.05) is 12.4 Å². The molecule has 1 aliphatic heterocycles. The van der Waals surface area contributed by atoms with Gasteiger partial charge in [0.15, 0.2) is 0 Å². The van der Waals surface area contributed by atoms with E-state index in [1.165, 1.54) is 37.9 Å². The van der Waals surface area contributed by atoms with Crippen LogP contribution in [-0.2, 0) is 22.6 Å². The Balaban J connectivity index is 0.000000918. The second kappa shape index (κ2) is 15.2. The van der Waals surface area contributed by atoms with Crippen molar-refractivity contribution in [3.8, 4) is 0 Å². The van der Waals surface area contributed by atoms with Crippen LogP contribution < -0.4 is 0 Å². The van der Waals surface area contributed by atoms with Gasteiger partial charge in [-0.15, -0.1) is 0 Å².